The fourth-order valence-corrected chi connectivity index (χ4v) is 4.99. The number of benzene rings is 2. The molecular weight excluding hydrogens is 578 g/mol. The van der Waals surface area contributed by atoms with E-state index in [0.29, 0.717) is 73.0 Å². The molecule has 0 unspecified atom stereocenters. The molecular formula is C32H47N7O6. The topological polar surface area (TPSA) is 210 Å². The van der Waals surface area contributed by atoms with Crippen LogP contribution >= 0.6 is 0 Å². The molecule has 1 heterocycles. The van der Waals surface area contributed by atoms with Gasteiger partial charge in [-0.05, 0) is 76.6 Å². The molecule has 3 rings (SSSR count). The second-order valence-corrected chi connectivity index (χ2v) is 11.9. The summed E-state index contributed by atoms with van der Waals surface area (Å²) < 4.78 is 16.9. The van der Waals surface area contributed by atoms with E-state index in [9.17, 15) is 14.4 Å². The van der Waals surface area contributed by atoms with Gasteiger partial charge in [-0.2, -0.15) is 0 Å². The van der Waals surface area contributed by atoms with Crippen molar-refractivity contribution in [3.05, 3.63) is 47.5 Å². The summed E-state index contributed by atoms with van der Waals surface area (Å²) in [5, 5.41) is 6.43. The van der Waals surface area contributed by atoms with Gasteiger partial charge in [0.25, 0.3) is 0 Å². The highest BCUT2D eigenvalue weighted by molar-refractivity contribution is 5.97. The molecule has 0 aromatic heterocycles. The molecule has 13 heteroatoms. The Hall–Kier alpha value is -4.81. The van der Waals surface area contributed by atoms with Crippen molar-refractivity contribution >= 4 is 40.7 Å². The smallest absolute Gasteiger partial charge is 0.410 e. The lowest BCUT2D eigenvalue weighted by molar-refractivity contribution is 0.0179. The van der Waals surface area contributed by atoms with Crippen molar-refractivity contribution in [3.63, 3.8) is 0 Å². The molecule has 1 aliphatic rings. The molecule has 1 saturated heterocycles. The molecule has 0 bridgehead atoms. The number of methoxy groups -OCH3 is 1. The van der Waals surface area contributed by atoms with Crippen LogP contribution in [0.15, 0.2) is 36.4 Å². The number of carbonyl (C=O) groups is 3. The molecule has 0 radical (unpaired) electrons. The molecule has 1 fully saturated rings. The number of nitrogen functional groups attached to an aromatic ring is 2. The van der Waals surface area contributed by atoms with E-state index in [2.05, 4.69) is 10.6 Å². The third-order valence-corrected chi connectivity index (χ3v) is 7.29. The molecule has 0 spiro atoms. The van der Waals surface area contributed by atoms with E-state index in [1.54, 1.807) is 11.0 Å². The van der Waals surface area contributed by atoms with Crippen LogP contribution in [0.5, 0.6) is 11.5 Å². The Kier molecular flexibility index (Phi) is 12.2. The monoisotopic (exact) mass is 625 g/mol. The second-order valence-electron chi connectivity index (χ2n) is 11.9. The summed E-state index contributed by atoms with van der Waals surface area (Å²) in [7, 11) is 1.48. The average Bonchev–Trinajstić information content (AvgIpc) is 2.97. The highest BCUT2D eigenvalue weighted by Gasteiger charge is 2.26. The van der Waals surface area contributed by atoms with E-state index in [4.69, 9.17) is 37.1 Å². The molecule has 45 heavy (non-hydrogen) atoms. The summed E-state index contributed by atoms with van der Waals surface area (Å²) in [5.74, 6) is 0.149. The molecule has 0 saturated carbocycles. The number of nitrogens with one attached hydrogen (secondary N) is 2. The van der Waals surface area contributed by atoms with Crippen LogP contribution in [-0.2, 0) is 4.74 Å². The Labute approximate surface area is 264 Å². The Bertz CT molecular complexity index is 1380. The van der Waals surface area contributed by atoms with Gasteiger partial charge in [0, 0.05) is 37.3 Å². The third kappa shape index (κ3) is 10.4. The third-order valence-electron chi connectivity index (χ3n) is 7.29. The van der Waals surface area contributed by atoms with Gasteiger partial charge in [-0.3, -0.25) is 9.59 Å². The Morgan fingerprint density at radius 1 is 0.889 bits per heavy atom. The summed E-state index contributed by atoms with van der Waals surface area (Å²) in [6, 6.07) is 6.14. The number of nitrogens with two attached hydrogens (primary N) is 4. The van der Waals surface area contributed by atoms with Crippen molar-refractivity contribution in [2.75, 3.05) is 62.0 Å². The van der Waals surface area contributed by atoms with Gasteiger partial charge in [-0.15, -0.1) is 0 Å². The fourth-order valence-electron chi connectivity index (χ4n) is 4.99. The van der Waals surface area contributed by atoms with Crippen LogP contribution in [-0.4, -0.2) is 68.3 Å². The zero-order chi connectivity index (χ0) is 33.1. The second kappa shape index (κ2) is 15.8. The maximum Gasteiger partial charge on any atom is 0.410 e. The van der Waals surface area contributed by atoms with Crippen LogP contribution < -0.4 is 43.0 Å². The summed E-state index contributed by atoms with van der Waals surface area (Å²) in [6.45, 7) is 8.23. The maximum absolute atomic E-state index is 12.3. The fraction of sp³-hybridized carbons (Fsp3) is 0.469. The number of primary amides is 2. The molecule has 0 atom stereocenters. The van der Waals surface area contributed by atoms with E-state index < -0.39 is 17.4 Å². The molecule has 3 amide bonds. The molecule has 2 aromatic carbocycles. The van der Waals surface area contributed by atoms with Crippen molar-refractivity contribution in [3.8, 4) is 11.5 Å². The average molecular weight is 626 g/mol. The van der Waals surface area contributed by atoms with Crippen molar-refractivity contribution in [2.45, 2.75) is 52.1 Å². The van der Waals surface area contributed by atoms with Crippen LogP contribution in [0.1, 0.15) is 67.2 Å². The molecule has 1 aliphatic heterocycles. The van der Waals surface area contributed by atoms with Gasteiger partial charge >= 0.3 is 6.09 Å². The number of ether oxygens (including phenoxy) is 3. The number of carbonyl (C=O) groups excluding carboxylic acids is 3. The number of nitrogens with zero attached hydrogens (tertiary/aromatic N) is 1. The predicted molar refractivity (Wildman–Crippen MR) is 177 cm³/mol. The Balaban J connectivity index is 1.51. The first-order chi connectivity index (χ1) is 21.3. The number of likely N-dealkylation sites (tertiary alicyclic amines) is 1. The van der Waals surface area contributed by atoms with Crippen molar-refractivity contribution in [1.82, 2.24) is 4.90 Å². The quantitative estimate of drug-likeness (QED) is 0.101. The van der Waals surface area contributed by atoms with Gasteiger partial charge in [0.05, 0.1) is 25.1 Å². The van der Waals surface area contributed by atoms with Gasteiger partial charge in [0.2, 0.25) is 11.8 Å². The van der Waals surface area contributed by atoms with Gasteiger partial charge in [-0.1, -0.05) is 12.2 Å². The highest BCUT2D eigenvalue weighted by Crippen LogP contribution is 2.34. The first-order valence-corrected chi connectivity index (χ1v) is 15.0. The van der Waals surface area contributed by atoms with E-state index in [1.807, 2.05) is 32.9 Å². The van der Waals surface area contributed by atoms with Crippen molar-refractivity contribution < 1.29 is 28.6 Å². The zero-order valence-electron chi connectivity index (χ0n) is 26.6. The number of anilines is 4. The minimum absolute atomic E-state index is 0.258. The number of rotatable bonds is 14. The molecule has 13 nitrogen and oxygen atoms in total. The molecule has 246 valence electrons. The lowest BCUT2D eigenvalue weighted by Crippen LogP contribution is -2.41. The minimum Gasteiger partial charge on any atom is -0.494 e. The lowest BCUT2D eigenvalue weighted by atomic mass is 9.92. The molecule has 2 aromatic rings. The summed E-state index contributed by atoms with van der Waals surface area (Å²) in [5.41, 5.74) is 25.0. The number of hydrogen-bond donors (Lipinski definition) is 6. The van der Waals surface area contributed by atoms with Crippen LogP contribution in [0.2, 0.25) is 0 Å². The van der Waals surface area contributed by atoms with E-state index in [0.717, 1.165) is 25.7 Å². The van der Waals surface area contributed by atoms with E-state index in [-0.39, 0.29) is 17.2 Å². The SMILES string of the molecule is COc1cc(C(N)=O)cc(N)c1NCC=CCNc1c(N)cc(C(N)=O)cc1OCCCC1CCN(C(=O)OC(C)(C)C)CC1. The molecule has 0 aliphatic carbocycles. The first-order valence-electron chi connectivity index (χ1n) is 15.0. The number of hydrogen-bond acceptors (Lipinski definition) is 10. The van der Waals surface area contributed by atoms with Crippen LogP contribution in [0, 0.1) is 5.92 Å². The van der Waals surface area contributed by atoms with Gasteiger partial charge in [0.15, 0.2) is 0 Å². The van der Waals surface area contributed by atoms with Crippen molar-refractivity contribution in [1.29, 1.82) is 0 Å². The Morgan fingerprint density at radius 3 is 1.89 bits per heavy atom. The highest BCUT2D eigenvalue weighted by atomic mass is 16.6. The van der Waals surface area contributed by atoms with Gasteiger partial charge in [-0.25, -0.2) is 4.79 Å². The van der Waals surface area contributed by atoms with Crippen LogP contribution in [0.25, 0.3) is 0 Å². The number of amides is 3. The maximum atomic E-state index is 12.3. The van der Waals surface area contributed by atoms with Crippen LogP contribution in [0.4, 0.5) is 27.5 Å². The molecule has 10 N–H and O–H groups in total. The standard InChI is InChI=1S/C32H47N7O6/c1-32(2,3)45-31(42)39-13-9-20(10-14-39)8-7-15-44-26-19-22(30(36)41)17-24(34)28(26)38-12-6-5-11-37-27-23(33)16-21(29(35)40)18-25(27)43-4/h5-6,16-20,37-38H,7-15,33-34H2,1-4H3,(H2,35,40)(H2,36,41). The van der Waals surface area contributed by atoms with Crippen molar-refractivity contribution in [2.24, 2.45) is 17.4 Å². The van der Waals surface area contributed by atoms with E-state index >= 15 is 0 Å². The summed E-state index contributed by atoms with van der Waals surface area (Å²) >= 11 is 0. The Morgan fingerprint density at radius 2 is 1.40 bits per heavy atom. The largest absolute Gasteiger partial charge is 0.494 e. The van der Waals surface area contributed by atoms with E-state index in [1.165, 1.54) is 25.3 Å². The lowest BCUT2D eigenvalue weighted by Gasteiger charge is -2.33. The first kappa shape index (κ1) is 34.7. The zero-order valence-corrected chi connectivity index (χ0v) is 26.6. The normalized spacial score (nSPS) is 13.8. The number of piperidine rings is 1. The summed E-state index contributed by atoms with van der Waals surface area (Å²) in [4.78, 5) is 37.5. The van der Waals surface area contributed by atoms with Gasteiger partial charge < -0.3 is 52.7 Å². The predicted octanol–water partition coefficient (Wildman–Crippen LogP) is 3.94. The van der Waals surface area contributed by atoms with Gasteiger partial charge in [0.1, 0.15) is 28.5 Å². The summed E-state index contributed by atoms with van der Waals surface area (Å²) in [6.07, 6.45) is 7.09. The van der Waals surface area contributed by atoms with Crippen LogP contribution in [0.3, 0.4) is 0 Å². The minimum atomic E-state index is -0.598.